The van der Waals surface area contributed by atoms with Gasteiger partial charge in [0.25, 0.3) is 5.56 Å². The maximum atomic E-state index is 11.9. The van der Waals surface area contributed by atoms with Crippen LogP contribution in [0.1, 0.15) is 12.6 Å². The van der Waals surface area contributed by atoms with E-state index in [4.69, 9.17) is 4.74 Å². The van der Waals surface area contributed by atoms with Crippen molar-refractivity contribution >= 4 is 31.9 Å². The maximum Gasteiger partial charge on any atom is 0.265 e. The summed E-state index contributed by atoms with van der Waals surface area (Å²) in [5, 5.41) is 0. The van der Waals surface area contributed by atoms with Crippen LogP contribution in [-0.4, -0.2) is 17.1 Å². The molecule has 1 aromatic carbocycles. The highest BCUT2D eigenvalue weighted by molar-refractivity contribution is 9.10. The minimum atomic E-state index is -0.191. The lowest BCUT2D eigenvalue weighted by molar-refractivity contribution is 0.416. The fourth-order valence-electron chi connectivity index (χ4n) is 1.73. The molecule has 0 unspecified atom stereocenters. The van der Waals surface area contributed by atoms with Crippen LogP contribution in [0.25, 0.3) is 11.4 Å². The van der Waals surface area contributed by atoms with Crippen LogP contribution in [0, 0.1) is 0 Å². The summed E-state index contributed by atoms with van der Waals surface area (Å²) in [4.78, 5) is 19.1. The van der Waals surface area contributed by atoms with Crippen LogP contribution in [0.5, 0.6) is 5.75 Å². The Kier molecular flexibility index (Phi) is 4.42. The molecule has 2 rings (SSSR count). The lowest BCUT2D eigenvalue weighted by Crippen LogP contribution is -2.13. The molecule has 0 spiro atoms. The molecule has 1 aromatic heterocycles. The molecule has 0 atom stereocenters. The molecule has 6 heteroatoms. The van der Waals surface area contributed by atoms with Crippen molar-refractivity contribution in [1.82, 2.24) is 9.97 Å². The SMILES string of the molecule is CCc1nc(-c2cc(Br)ccc2OC)[nH]c(=O)c1Br. The molecule has 19 heavy (non-hydrogen) atoms. The Morgan fingerprint density at radius 2 is 2.11 bits per heavy atom. The first-order chi connectivity index (χ1) is 9.06. The molecule has 0 fully saturated rings. The molecule has 100 valence electrons. The summed E-state index contributed by atoms with van der Waals surface area (Å²) < 4.78 is 6.68. The van der Waals surface area contributed by atoms with Crippen molar-refractivity contribution in [1.29, 1.82) is 0 Å². The first kappa shape index (κ1) is 14.3. The van der Waals surface area contributed by atoms with Crippen molar-refractivity contribution < 1.29 is 4.74 Å². The van der Waals surface area contributed by atoms with Crippen molar-refractivity contribution in [2.45, 2.75) is 13.3 Å². The lowest BCUT2D eigenvalue weighted by Gasteiger charge is -2.10. The summed E-state index contributed by atoms with van der Waals surface area (Å²) in [7, 11) is 1.59. The average Bonchev–Trinajstić information content (AvgIpc) is 2.41. The van der Waals surface area contributed by atoms with Crippen molar-refractivity contribution in [3.8, 4) is 17.1 Å². The second-order valence-electron chi connectivity index (χ2n) is 3.87. The van der Waals surface area contributed by atoms with Gasteiger partial charge in [-0.25, -0.2) is 4.98 Å². The molecule has 0 aliphatic heterocycles. The Morgan fingerprint density at radius 3 is 2.74 bits per heavy atom. The number of nitrogens with zero attached hydrogens (tertiary/aromatic N) is 1. The van der Waals surface area contributed by atoms with Gasteiger partial charge in [0.15, 0.2) is 0 Å². The first-order valence-corrected chi connectivity index (χ1v) is 7.28. The van der Waals surface area contributed by atoms with Gasteiger partial charge >= 0.3 is 0 Å². The molecule has 0 saturated heterocycles. The van der Waals surface area contributed by atoms with E-state index in [2.05, 4.69) is 41.8 Å². The number of methoxy groups -OCH3 is 1. The summed E-state index contributed by atoms with van der Waals surface area (Å²) in [6.45, 7) is 1.95. The Balaban J connectivity index is 2.68. The number of H-pyrrole nitrogens is 1. The number of halogens is 2. The van der Waals surface area contributed by atoms with E-state index in [1.54, 1.807) is 7.11 Å². The third-order valence-corrected chi connectivity index (χ3v) is 3.99. The number of rotatable bonds is 3. The first-order valence-electron chi connectivity index (χ1n) is 5.69. The monoisotopic (exact) mass is 386 g/mol. The Morgan fingerprint density at radius 1 is 1.37 bits per heavy atom. The van der Waals surface area contributed by atoms with E-state index < -0.39 is 0 Å². The number of hydrogen-bond donors (Lipinski definition) is 1. The molecule has 0 aliphatic carbocycles. The summed E-state index contributed by atoms with van der Waals surface area (Å²) in [5.41, 5.74) is 1.28. The van der Waals surface area contributed by atoms with E-state index in [1.807, 2.05) is 25.1 Å². The number of benzene rings is 1. The molecule has 1 N–H and O–H groups in total. The fraction of sp³-hybridized carbons (Fsp3) is 0.231. The standard InChI is InChI=1S/C13H12Br2N2O2/c1-3-9-11(15)13(18)17-12(16-9)8-6-7(14)4-5-10(8)19-2/h4-6H,3H2,1-2H3,(H,16,17,18). The molecular formula is C13H12Br2N2O2. The van der Waals surface area contributed by atoms with E-state index in [0.29, 0.717) is 22.5 Å². The minimum Gasteiger partial charge on any atom is -0.496 e. The van der Waals surface area contributed by atoms with Gasteiger partial charge in [-0.3, -0.25) is 4.79 Å². The zero-order valence-electron chi connectivity index (χ0n) is 10.5. The molecular weight excluding hydrogens is 376 g/mol. The Bertz CT molecular complexity index is 668. The number of nitrogens with one attached hydrogen (secondary N) is 1. The number of hydrogen-bond acceptors (Lipinski definition) is 3. The van der Waals surface area contributed by atoms with Crippen LogP contribution < -0.4 is 10.3 Å². The van der Waals surface area contributed by atoms with Crippen LogP contribution >= 0.6 is 31.9 Å². The van der Waals surface area contributed by atoms with Gasteiger partial charge in [-0.2, -0.15) is 0 Å². The highest BCUT2D eigenvalue weighted by Gasteiger charge is 2.13. The molecule has 0 amide bonds. The van der Waals surface area contributed by atoms with Gasteiger partial charge in [0.05, 0.1) is 18.4 Å². The van der Waals surface area contributed by atoms with E-state index in [9.17, 15) is 4.79 Å². The normalized spacial score (nSPS) is 10.5. The van der Waals surface area contributed by atoms with Crippen molar-refractivity contribution in [3.63, 3.8) is 0 Å². The van der Waals surface area contributed by atoms with Crippen LogP contribution in [0.15, 0.2) is 31.9 Å². The third-order valence-electron chi connectivity index (χ3n) is 2.68. The quantitative estimate of drug-likeness (QED) is 0.876. The Hall–Kier alpha value is -1.14. The molecule has 0 bridgehead atoms. The van der Waals surface area contributed by atoms with Gasteiger partial charge in [-0.15, -0.1) is 0 Å². The summed E-state index contributed by atoms with van der Waals surface area (Å²) >= 11 is 6.66. The summed E-state index contributed by atoms with van der Waals surface area (Å²) in [6, 6.07) is 5.57. The van der Waals surface area contributed by atoms with Gasteiger partial charge in [0.1, 0.15) is 16.0 Å². The van der Waals surface area contributed by atoms with Crippen molar-refractivity contribution in [2.24, 2.45) is 0 Å². The fourth-order valence-corrected chi connectivity index (χ4v) is 2.56. The topological polar surface area (TPSA) is 55.0 Å². The number of aryl methyl sites for hydroxylation is 1. The third kappa shape index (κ3) is 2.90. The van der Waals surface area contributed by atoms with Crippen molar-refractivity contribution in [2.75, 3.05) is 7.11 Å². The van der Waals surface area contributed by atoms with Crippen LogP contribution in [0.3, 0.4) is 0 Å². The predicted molar refractivity (Wildman–Crippen MR) is 81.6 cm³/mol. The zero-order valence-corrected chi connectivity index (χ0v) is 13.6. The second kappa shape index (κ2) is 5.88. The van der Waals surface area contributed by atoms with Gasteiger partial charge < -0.3 is 9.72 Å². The Labute approximate surface area is 127 Å². The van der Waals surface area contributed by atoms with E-state index >= 15 is 0 Å². The van der Waals surface area contributed by atoms with Gasteiger partial charge in [0.2, 0.25) is 0 Å². The predicted octanol–water partition coefficient (Wildman–Crippen LogP) is 3.53. The number of aromatic nitrogens is 2. The molecule has 0 saturated carbocycles. The number of aromatic amines is 1. The van der Waals surface area contributed by atoms with Gasteiger partial charge in [-0.1, -0.05) is 22.9 Å². The van der Waals surface area contributed by atoms with Crippen LogP contribution in [0.4, 0.5) is 0 Å². The van der Waals surface area contributed by atoms with Crippen LogP contribution in [0.2, 0.25) is 0 Å². The molecule has 2 aromatic rings. The molecule has 4 nitrogen and oxygen atoms in total. The van der Waals surface area contributed by atoms with E-state index in [-0.39, 0.29) is 5.56 Å². The molecule has 0 aliphatic rings. The van der Waals surface area contributed by atoms with Gasteiger partial charge in [-0.05, 0) is 40.5 Å². The highest BCUT2D eigenvalue weighted by Crippen LogP contribution is 2.30. The highest BCUT2D eigenvalue weighted by atomic mass is 79.9. The second-order valence-corrected chi connectivity index (χ2v) is 5.58. The average molecular weight is 388 g/mol. The largest absolute Gasteiger partial charge is 0.496 e. The summed E-state index contributed by atoms with van der Waals surface area (Å²) in [5.74, 6) is 1.17. The smallest absolute Gasteiger partial charge is 0.265 e. The molecule has 1 heterocycles. The zero-order chi connectivity index (χ0) is 14.0. The van der Waals surface area contributed by atoms with Crippen LogP contribution in [-0.2, 0) is 6.42 Å². The molecule has 0 radical (unpaired) electrons. The van der Waals surface area contributed by atoms with E-state index in [1.165, 1.54) is 0 Å². The lowest BCUT2D eigenvalue weighted by atomic mass is 10.2. The summed E-state index contributed by atoms with van der Waals surface area (Å²) in [6.07, 6.45) is 0.674. The van der Waals surface area contributed by atoms with Gasteiger partial charge in [0, 0.05) is 4.47 Å². The minimum absolute atomic E-state index is 0.191. The maximum absolute atomic E-state index is 11.9. The number of ether oxygens (including phenoxy) is 1. The van der Waals surface area contributed by atoms with E-state index in [0.717, 1.165) is 15.7 Å². The van der Waals surface area contributed by atoms with Crippen molar-refractivity contribution in [3.05, 3.63) is 43.2 Å².